The Labute approximate surface area is 90.0 Å². The fourth-order valence-corrected chi connectivity index (χ4v) is 0.830. The average molecular weight is 205 g/mol. The Balaban J connectivity index is 0.000000150. The van der Waals surface area contributed by atoms with Crippen LogP contribution >= 0.6 is 0 Å². The minimum Gasteiger partial charge on any atom is -0.450 e. The first kappa shape index (κ1) is 11.3. The van der Waals surface area contributed by atoms with E-state index in [1.54, 1.807) is 6.08 Å². The van der Waals surface area contributed by atoms with Gasteiger partial charge in [0.2, 0.25) is 0 Å². The SMILES string of the molecule is C=CCON=C(C)C.c1ccc2c(c1)O2. The Kier molecular flexibility index (Phi) is 4.41. The third kappa shape index (κ3) is 4.86. The van der Waals surface area contributed by atoms with E-state index >= 15 is 0 Å². The van der Waals surface area contributed by atoms with Crippen molar-refractivity contribution in [2.45, 2.75) is 13.8 Å². The van der Waals surface area contributed by atoms with E-state index in [2.05, 4.69) is 11.7 Å². The van der Waals surface area contributed by atoms with E-state index in [0.29, 0.717) is 6.61 Å². The van der Waals surface area contributed by atoms with E-state index in [1.165, 1.54) is 0 Å². The second-order valence-corrected chi connectivity index (χ2v) is 3.17. The molecule has 0 unspecified atom stereocenters. The van der Waals surface area contributed by atoms with E-state index < -0.39 is 0 Å². The van der Waals surface area contributed by atoms with Gasteiger partial charge < -0.3 is 9.57 Å². The van der Waals surface area contributed by atoms with Crippen molar-refractivity contribution >= 4 is 5.71 Å². The van der Waals surface area contributed by atoms with Crippen LogP contribution in [0.5, 0.6) is 11.5 Å². The summed E-state index contributed by atoms with van der Waals surface area (Å²) in [5, 5.41) is 3.66. The smallest absolute Gasteiger partial charge is 0.170 e. The van der Waals surface area contributed by atoms with Gasteiger partial charge in [-0.05, 0) is 26.0 Å². The molecule has 1 aromatic carbocycles. The van der Waals surface area contributed by atoms with Crippen LogP contribution in [0.25, 0.3) is 0 Å². The maximum absolute atomic E-state index is 4.94. The fraction of sp³-hybridized carbons (Fsp3) is 0.250. The van der Waals surface area contributed by atoms with Crippen LogP contribution in [0.3, 0.4) is 0 Å². The van der Waals surface area contributed by atoms with Crippen LogP contribution in [0.1, 0.15) is 13.8 Å². The molecule has 0 saturated heterocycles. The first-order valence-corrected chi connectivity index (χ1v) is 4.75. The first-order chi connectivity index (χ1) is 7.24. The number of oxime groups is 1. The largest absolute Gasteiger partial charge is 0.450 e. The normalized spacial score (nSPS) is 9.73. The van der Waals surface area contributed by atoms with Gasteiger partial charge in [0.15, 0.2) is 11.5 Å². The van der Waals surface area contributed by atoms with E-state index in [1.807, 2.05) is 38.1 Å². The summed E-state index contributed by atoms with van der Waals surface area (Å²) >= 11 is 0. The van der Waals surface area contributed by atoms with Crippen molar-refractivity contribution in [1.29, 1.82) is 0 Å². The van der Waals surface area contributed by atoms with Crippen molar-refractivity contribution < 1.29 is 9.57 Å². The molecule has 3 nitrogen and oxygen atoms in total. The summed E-state index contributed by atoms with van der Waals surface area (Å²) in [5.41, 5.74) is 0.923. The minimum atomic E-state index is 0.491. The number of hydrogen-bond donors (Lipinski definition) is 0. The zero-order chi connectivity index (χ0) is 11.1. The van der Waals surface area contributed by atoms with E-state index in [9.17, 15) is 0 Å². The molecule has 0 atom stereocenters. The third-order valence-corrected chi connectivity index (χ3v) is 1.47. The highest BCUT2D eigenvalue weighted by Crippen LogP contribution is 2.43. The molecule has 2 rings (SSSR count). The van der Waals surface area contributed by atoms with Gasteiger partial charge in [0.05, 0.1) is 5.71 Å². The molecule has 0 N–H and O–H groups in total. The monoisotopic (exact) mass is 205 g/mol. The summed E-state index contributed by atoms with van der Waals surface area (Å²) in [6, 6.07) is 7.84. The van der Waals surface area contributed by atoms with Crippen molar-refractivity contribution in [2.24, 2.45) is 5.16 Å². The van der Waals surface area contributed by atoms with Crippen LogP contribution in [-0.2, 0) is 4.84 Å². The molecule has 1 aromatic rings. The van der Waals surface area contributed by atoms with Crippen molar-refractivity contribution in [1.82, 2.24) is 0 Å². The Morgan fingerprint density at radius 2 is 2.00 bits per heavy atom. The van der Waals surface area contributed by atoms with Crippen LogP contribution < -0.4 is 4.74 Å². The van der Waals surface area contributed by atoms with E-state index in [0.717, 1.165) is 17.2 Å². The molecule has 0 spiro atoms. The van der Waals surface area contributed by atoms with Crippen molar-refractivity contribution in [2.75, 3.05) is 6.61 Å². The fourth-order valence-electron chi connectivity index (χ4n) is 0.830. The molecule has 0 bridgehead atoms. The Bertz CT molecular complexity index is 333. The van der Waals surface area contributed by atoms with Gasteiger partial charge in [-0.3, -0.25) is 0 Å². The second kappa shape index (κ2) is 5.86. The zero-order valence-electron chi connectivity index (χ0n) is 9.06. The third-order valence-electron chi connectivity index (χ3n) is 1.47. The summed E-state index contributed by atoms with van der Waals surface area (Å²) in [5.74, 6) is 2.06. The van der Waals surface area contributed by atoms with E-state index in [-0.39, 0.29) is 0 Å². The zero-order valence-corrected chi connectivity index (χ0v) is 9.06. The average Bonchev–Trinajstić information content (AvgIpc) is 2.97. The number of nitrogens with zero attached hydrogens (tertiary/aromatic N) is 1. The number of benzene rings is 1. The molecule has 1 aliphatic heterocycles. The van der Waals surface area contributed by atoms with Gasteiger partial charge in [0, 0.05) is 0 Å². The highest BCUT2D eigenvalue weighted by molar-refractivity contribution is 5.78. The highest BCUT2D eigenvalue weighted by Gasteiger charge is 2.15. The molecule has 0 aliphatic carbocycles. The van der Waals surface area contributed by atoms with Crippen LogP contribution in [0.15, 0.2) is 42.1 Å². The second-order valence-electron chi connectivity index (χ2n) is 3.17. The van der Waals surface area contributed by atoms with Gasteiger partial charge >= 0.3 is 0 Å². The maximum atomic E-state index is 4.94. The summed E-state index contributed by atoms with van der Waals surface area (Å²) in [6.07, 6.45) is 1.66. The van der Waals surface area contributed by atoms with Crippen LogP contribution in [0.4, 0.5) is 0 Å². The lowest BCUT2D eigenvalue weighted by Gasteiger charge is -1.90. The van der Waals surface area contributed by atoms with Gasteiger partial charge in [-0.2, -0.15) is 0 Å². The maximum Gasteiger partial charge on any atom is 0.170 e. The standard InChI is InChI=1S/C6H11NO.C6H4O/c1-4-5-8-7-6(2)3;1-2-4-6-5(3-1)7-6/h4H,1,5H2,2-3H3;1-4H. The Morgan fingerprint density at radius 1 is 1.40 bits per heavy atom. The Hall–Kier alpha value is -1.77. The lowest BCUT2D eigenvalue weighted by molar-refractivity contribution is 0.174. The number of ether oxygens (including phenoxy) is 1. The molecule has 15 heavy (non-hydrogen) atoms. The van der Waals surface area contributed by atoms with Crippen LogP contribution in [0.2, 0.25) is 0 Å². The number of fused-ring (bicyclic) bond motifs is 1. The van der Waals surface area contributed by atoms with E-state index in [4.69, 9.17) is 9.57 Å². The molecule has 0 fully saturated rings. The van der Waals surface area contributed by atoms with Crippen molar-refractivity contribution in [3.8, 4) is 11.5 Å². The van der Waals surface area contributed by atoms with Crippen molar-refractivity contribution in [3.05, 3.63) is 36.9 Å². The number of rotatable bonds is 3. The quantitative estimate of drug-likeness (QED) is 0.253. The molecule has 3 heteroatoms. The molecule has 80 valence electrons. The van der Waals surface area contributed by atoms with Gasteiger partial charge in [0.1, 0.15) is 6.61 Å². The van der Waals surface area contributed by atoms with Crippen LogP contribution in [-0.4, -0.2) is 12.3 Å². The highest BCUT2D eigenvalue weighted by atomic mass is 16.6. The van der Waals surface area contributed by atoms with Gasteiger partial charge in [-0.25, -0.2) is 0 Å². The summed E-state index contributed by atoms with van der Waals surface area (Å²) in [6.45, 7) is 7.71. The molecular formula is C12H15NO2. The number of para-hydroxylation sites is 2. The number of hydrogen-bond acceptors (Lipinski definition) is 3. The molecular weight excluding hydrogens is 190 g/mol. The summed E-state index contributed by atoms with van der Waals surface area (Å²) < 4.78 is 4.94. The van der Waals surface area contributed by atoms with Gasteiger partial charge in [-0.1, -0.05) is 29.9 Å². The summed E-state index contributed by atoms with van der Waals surface area (Å²) in [4.78, 5) is 4.71. The minimum absolute atomic E-state index is 0.491. The Morgan fingerprint density at radius 3 is 2.40 bits per heavy atom. The molecule has 1 aliphatic rings. The summed E-state index contributed by atoms with van der Waals surface area (Å²) in [7, 11) is 0. The first-order valence-electron chi connectivity index (χ1n) is 4.75. The molecule has 0 aromatic heterocycles. The molecule has 0 amide bonds. The van der Waals surface area contributed by atoms with Crippen LogP contribution in [0, 0.1) is 0 Å². The lowest BCUT2D eigenvalue weighted by Crippen LogP contribution is -1.85. The molecule has 0 saturated carbocycles. The topological polar surface area (TPSA) is 34.1 Å². The van der Waals surface area contributed by atoms with Gasteiger partial charge in [0.25, 0.3) is 0 Å². The predicted octanol–water partition coefficient (Wildman–Crippen LogP) is 3.38. The van der Waals surface area contributed by atoms with Gasteiger partial charge in [-0.15, -0.1) is 0 Å². The van der Waals surface area contributed by atoms with Crippen molar-refractivity contribution in [3.63, 3.8) is 0 Å². The molecule has 1 heterocycles. The molecule has 0 radical (unpaired) electrons. The lowest BCUT2D eigenvalue weighted by atomic mass is 10.4. The predicted molar refractivity (Wildman–Crippen MR) is 61.4 cm³/mol.